The Morgan fingerprint density at radius 2 is 1.05 bits per heavy atom. The number of aliphatic hydroxyl groups excluding tert-OH is 1. The molecule has 11 N–H and O–H groups in total. The lowest BCUT2D eigenvalue weighted by atomic mass is 9.95. The van der Waals surface area contributed by atoms with Gasteiger partial charge in [-0.2, -0.15) is 0 Å². The maximum absolute atomic E-state index is 13.0. The zero-order valence-electron chi connectivity index (χ0n) is 31.0. The minimum absolute atomic E-state index is 0.0335. The summed E-state index contributed by atoms with van der Waals surface area (Å²) >= 11 is 0. The number of carbonyl (C=O) groups excluding carboxylic acids is 4. The van der Waals surface area contributed by atoms with Crippen LogP contribution in [0, 0.1) is 71.0 Å². The molecule has 2 aliphatic rings. The number of hydroxylamine groups is 2. The third-order valence-corrected chi connectivity index (χ3v) is 9.08. The average molecular weight is 812 g/mol. The van der Waals surface area contributed by atoms with Crippen LogP contribution in [0.5, 0.6) is 0 Å². The molecule has 8 atom stereocenters. The van der Waals surface area contributed by atoms with Crippen LogP contribution < -0.4 is 27.3 Å². The monoisotopic (exact) mass is 811 g/mol. The standard InChI is InChI=1S/C20H21F2N3O4.C20H20F2N2O5/c1-20(28,19(21)22)16(18(27)25-29)24-17(26)13-8-6-12(7-9-13)4-2-3-5-14-10-15(14)11-23;1-20(28,19(21)22)16(18(27)24-29)23-17(26)13-8-6-12(7-9-13)4-2-3-5-14-10-15(14)11-25/h6-9,14-16,19,28-29H,10-11,23H2,1H3,(H,24,26)(H,25,27);6-9,14-16,19,25,28-29H,10-11H2,1H3,(H,23,26)(H,24,27)/t2*14?,15?,16-,20?/m11/s1. The summed E-state index contributed by atoms with van der Waals surface area (Å²) in [6.07, 6.45) is -4.85. The number of nitrogens with one attached hydrogen (secondary N) is 4. The minimum Gasteiger partial charge on any atom is -0.396 e. The third-order valence-electron chi connectivity index (χ3n) is 9.08. The number of rotatable bonds is 12. The van der Waals surface area contributed by atoms with Crippen molar-refractivity contribution in [1.29, 1.82) is 0 Å². The molecule has 308 valence electrons. The highest BCUT2D eigenvalue weighted by Crippen LogP contribution is 2.37. The molecule has 58 heavy (non-hydrogen) atoms. The quantitative estimate of drug-likeness (QED) is 0.0618. The molecule has 0 heterocycles. The summed E-state index contributed by atoms with van der Waals surface area (Å²) in [5.74, 6) is 19.0. The van der Waals surface area contributed by atoms with Gasteiger partial charge >= 0.3 is 0 Å². The van der Waals surface area contributed by atoms with Crippen LogP contribution in [0.2, 0.25) is 0 Å². The predicted octanol–water partition coefficient (Wildman–Crippen LogP) is 0.546. The summed E-state index contributed by atoms with van der Waals surface area (Å²) in [4.78, 5) is 47.7. The smallest absolute Gasteiger partial charge is 0.269 e. The zero-order valence-corrected chi connectivity index (χ0v) is 31.0. The van der Waals surface area contributed by atoms with Gasteiger partial charge in [0.2, 0.25) is 0 Å². The first-order valence-corrected chi connectivity index (χ1v) is 17.5. The van der Waals surface area contributed by atoms with Crippen LogP contribution in [0.1, 0.15) is 58.5 Å². The summed E-state index contributed by atoms with van der Waals surface area (Å²) in [5.41, 5.74) is 3.25. The second kappa shape index (κ2) is 21.0. The van der Waals surface area contributed by atoms with E-state index in [1.807, 2.05) is 10.6 Å². The number of carbonyl (C=O) groups is 4. The number of hydrogen-bond acceptors (Lipinski definition) is 10. The summed E-state index contributed by atoms with van der Waals surface area (Å²) < 4.78 is 52.0. The Kier molecular flexibility index (Phi) is 16.8. The van der Waals surface area contributed by atoms with E-state index in [0.29, 0.717) is 43.4 Å². The molecule has 0 aliphatic heterocycles. The van der Waals surface area contributed by atoms with Gasteiger partial charge in [0.15, 0.2) is 11.2 Å². The molecule has 0 aromatic heterocycles. The van der Waals surface area contributed by atoms with Gasteiger partial charge in [-0.05, 0) is 117 Å². The van der Waals surface area contributed by atoms with Gasteiger partial charge in [0.25, 0.3) is 36.5 Å². The molecule has 0 saturated heterocycles. The van der Waals surface area contributed by atoms with Crippen LogP contribution in [-0.4, -0.2) is 98.7 Å². The lowest BCUT2D eigenvalue weighted by Gasteiger charge is -2.30. The number of nitrogens with two attached hydrogens (primary N) is 1. The minimum atomic E-state index is -3.35. The Labute approximate surface area is 330 Å². The van der Waals surface area contributed by atoms with Gasteiger partial charge in [-0.1, -0.05) is 23.7 Å². The Hall–Kier alpha value is -5.96. The molecule has 2 aromatic carbocycles. The highest BCUT2D eigenvalue weighted by Gasteiger charge is 2.47. The number of amides is 4. The average Bonchev–Trinajstić information content (AvgIpc) is 4.15. The van der Waals surface area contributed by atoms with E-state index in [-0.39, 0.29) is 29.6 Å². The zero-order chi connectivity index (χ0) is 43.2. The van der Waals surface area contributed by atoms with Crippen LogP contribution in [0.3, 0.4) is 0 Å². The van der Waals surface area contributed by atoms with E-state index in [9.17, 15) is 47.0 Å². The van der Waals surface area contributed by atoms with Gasteiger partial charge in [0, 0.05) is 40.7 Å². The van der Waals surface area contributed by atoms with Gasteiger partial charge in [0.05, 0.1) is 0 Å². The van der Waals surface area contributed by atoms with E-state index in [2.05, 4.69) is 47.4 Å². The molecule has 2 aromatic rings. The van der Waals surface area contributed by atoms with E-state index < -0.39 is 59.8 Å². The number of benzene rings is 2. The Morgan fingerprint density at radius 3 is 1.34 bits per heavy atom. The Bertz CT molecular complexity index is 1900. The van der Waals surface area contributed by atoms with Crippen LogP contribution >= 0.6 is 0 Å². The van der Waals surface area contributed by atoms with E-state index in [0.717, 1.165) is 23.8 Å². The molecule has 2 fully saturated rings. The van der Waals surface area contributed by atoms with Crippen molar-refractivity contribution in [2.24, 2.45) is 29.4 Å². The van der Waals surface area contributed by atoms with Crippen molar-refractivity contribution in [1.82, 2.24) is 21.6 Å². The first kappa shape index (κ1) is 46.4. The summed E-state index contributed by atoms with van der Waals surface area (Å²) in [6.45, 7) is 2.07. The van der Waals surface area contributed by atoms with Crippen LogP contribution in [0.15, 0.2) is 48.5 Å². The summed E-state index contributed by atoms with van der Waals surface area (Å²) in [7, 11) is 0. The van der Waals surface area contributed by atoms with Crippen molar-refractivity contribution >= 4 is 23.6 Å². The fourth-order valence-electron chi connectivity index (χ4n) is 4.95. The Balaban J connectivity index is 0.000000310. The van der Waals surface area contributed by atoms with Gasteiger partial charge < -0.3 is 31.7 Å². The molecular weight excluding hydrogens is 770 g/mol. The Morgan fingerprint density at radius 1 is 0.690 bits per heavy atom. The molecule has 4 rings (SSSR count). The number of alkyl halides is 4. The second-order valence-electron chi connectivity index (χ2n) is 13.6. The van der Waals surface area contributed by atoms with Crippen molar-refractivity contribution < 1.29 is 62.5 Å². The molecular formula is C40H41F4N5O9. The lowest BCUT2D eigenvalue weighted by Crippen LogP contribution is -2.61. The number of hydrogen-bond donors (Lipinski definition) is 10. The third kappa shape index (κ3) is 13.0. The fourth-order valence-corrected chi connectivity index (χ4v) is 4.95. The largest absolute Gasteiger partial charge is 0.396 e. The second-order valence-corrected chi connectivity index (χ2v) is 13.6. The fraction of sp³-hybridized carbons (Fsp3) is 0.400. The summed E-state index contributed by atoms with van der Waals surface area (Å²) in [5, 5.41) is 49.9. The van der Waals surface area contributed by atoms with Crippen molar-refractivity contribution in [2.75, 3.05) is 13.2 Å². The SMILES string of the molecule is CC(O)(C(F)F)[C@H](NC(=O)c1ccc(C#CC#CC2CC2CN)cc1)C(=O)NO.CC(O)(C(F)F)[C@H](NC(=O)c1ccc(C#CC#CC2CC2CO)cc1)C(=O)NO. The van der Waals surface area contributed by atoms with E-state index >= 15 is 0 Å². The van der Waals surface area contributed by atoms with Crippen LogP contribution in [0.25, 0.3) is 0 Å². The van der Waals surface area contributed by atoms with Crippen molar-refractivity contribution in [3.63, 3.8) is 0 Å². The number of halogens is 4. The normalized spacial score (nSPS) is 20.2. The van der Waals surface area contributed by atoms with Crippen molar-refractivity contribution in [3.05, 3.63) is 70.8 Å². The van der Waals surface area contributed by atoms with Gasteiger partial charge in [0.1, 0.15) is 12.1 Å². The maximum Gasteiger partial charge on any atom is 0.269 e. The maximum atomic E-state index is 13.0. The molecule has 0 radical (unpaired) electrons. The lowest BCUT2D eigenvalue weighted by molar-refractivity contribution is -0.150. The van der Waals surface area contributed by atoms with Gasteiger partial charge in [-0.15, -0.1) is 0 Å². The molecule has 0 spiro atoms. The van der Waals surface area contributed by atoms with Crippen LogP contribution in [-0.2, 0) is 9.59 Å². The molecule has 14 nitrogen and oxygen atoms in total. The van der Waals surface area contributed by atoms with Crippen LogP contribution in [0.4, 0.5) is 17.6 Å². The predicted molar refractivity (Wildman–Crippen MR) is 197 cm³/mol. The van der Waals surface area contributed by atoms with Gasteiger partial charge in [-0.25, -0.2) is 28.5 Å². The molecule has 0 bridgehead atoms. The van der Waals surface area contributed by atoms with Gasteiger partial charge in [-0.3, -0.25) is 29.6 Å². The first-order valence-electron chi connectivity index (χ1n) is 17.5. The highest BCUT2D eigenvalue weighted by molar-refractivity contribution is 5.98. The van der Waals surface area contributed by atoms with E-state index in [1.54, 1.807) is 0 Å². The number of aliphatic hydroxyl groups is 3. The van der Waals surface area contributed by atoms with Crippen molar-refractivity contribution in [2.45, 2.75) is 62.8 Å². The molecule has 18 heteroatoms. The molecule has 6 unspecified atom stereocenters. The van der Waals surface area contributed by atoms with E-state index in [1.165, 1.54) is 48.5 Å². The topological polar surface area (TPSA) is 244 Å². The summed E-state index contributed by atoms with van der Waals surface area (Å²) in [6, 6.07) is 7.38. The van der Waals surface area contributed by atoms with E-state index in [4.69, 9.17) is 21.3 Å². The highest BCUT2D eigenvalue weighted by atomic mass is 19.3. The molecule has 2 aliphatic carbocycles. The van der Waals surface area contributed by atoms with Crippen molar-refractivity contribution in [3.8, 4) is 47.4 Å². The molecule has 4 amide bonds. The first-order chi connectivity index (χ1) is 27.4. The molecule has 2 saturated carbocycles.